The number of benzene rings is 2. The highest BCUT2D eigenvalue weighted by molar-refractivity contribution is 6.18. The quantitative estimate of drug-likeness (QED) is 0.283. The fraction of sp³-hybridized carbons (Fsp3) is 0.545. The minimum Gasteiger partial charge on any atom is -0.493 e. The lowest BCUT2D eigenvalue weighted by Crippen LogP contribution is -2.03. The summed E-state index contributed by atoms with van der Waals surface area (Å²) in [5, 5.41) is 2.26. The third kappa shape index (κ3) is 6.25. The molecule has 144 valence electrons. The maximum absolute atomic E-state index is 6.14. The van der Waals surface area contributed by atoms with Crippen LogP contribution in [-0.2, 0) is 0 Å². The number of fused-ring (bicyclic) bond motifs is 1. The molecule has 2 rings (SSSR count). The van der Waals surface area contributed by atoms with Crippen molar-refractivity contribution in [2.45, 2.75) is 52.4 Å². The van der Waals surface area contributed by atoms with Crippen LogP contribution in [0.5, 0.6) is 11.5 Å². The van der Waals surface area contributed by atoms with Crippen LogP contribution < -0.4 is 9.47 Å². The molecule has 2 aromatic rings. The van der Waals surface area contributed by atoms with Gasteiger partial charge in [0.1, 0.15) is 11.5 Å². The minimum absolute atomic E-state index is 0.720. The van der Waals surface area contributed by atoms with Crippen molar-refractivity contribution < 1.29 is 9.47 Å². The zero-order valence-electron chi connectivity index (χ0n) is 16.0. The van der Waals surface area contributed by atoms with E-state index in [9.17, 15) is 0 Å². The van der Waals surface area contributed by atoms with E-state index in [1.165, 1.54) is 5.56 Å². The van der Waals surface area contributed by atoms with Gasteiger partial charge in [0, 0.05) is 22.5 Å². The monoisotopic (exact) mass is 396 g/mol. The predicted octanol–water partition coefficient (Wildman–Crippen LogP) is 7.03. The summed E-state index contributed by atoms with van der Waals surface area (Å²) in [5.74, 6) is 3.36. The highest BCUT2D eigenvalue weighted by atomic mass is 35.5. The third-order valence-corrected chi connectivity index (χ3v) is 4.99. The van der Waals surface area contributed by atoms with Crippen LogP contribution in [-0.4, -0.2) is 25.0 Å². The first-order chi connectivity index (χ1) is 12.7. The standard InChI is InChI=1S/C22H30Cl2O2/c1-17-9-10-19-20(15-17)21(25-13-7-3-5-11-23)16-18(2)22(19)26-14-8-4-6-12-24/h9-10,15-16H,3-8,11-14H2,1-2H3. The van der Waals surface area contributed by atoms with Crippen LogP contribution in [0.3, 0.4) is 0 Å². The molecule has 0 aliphatic carbocycles. The van der Waals surface area contributed by atoms with Gasteiger partial charge in [0.15, 0.2) is 0 Å². The van der Waals surface area contributed by atoms with E-state index < -0.39 is 0 Å². The lowest BCUT2D eigenvalue weighted by atomic mass is 10.0. The molecule has 0 aliphatic heterocycles. The highest BCUT2D eigenvalue weighted by Crippen LogP contribution is 2.37. The van der Waals surface area contributed by atoms with Crippen LogP contribution in [0.25, 0.3) is 10.8 Å². The Morgan fingerprint density at radius 1 is 0.731 bits per heavy atom. The van der Waals surface area contributed by atoms with Crippen LogP contribution in [0.1, 0.15) is 49.7 Å². The zero-order chi connectivity index (χ0) is 18.8. The lowest BCUT2D eigenvalue weighted by Gasteiger charge is -2.17. The molecule has 0 N–H and O–H groups in total. The molecular formula is C22H30Cl2O2. The Morgan fingerprint density at radius 3 is 2.04 bits per heavy atom. The van der Waals surface area contributed by atoms with Gasteiger partial charge in [0.2, 0.25) is 0 Å². The number of hydrogen-bond donors (Lipinski definition) is 0. The van der Waals surface area contributed by atoms with E-state index in [1.807, 2.05) is 0 Å². The van der Waals surface area contributed by atoms with Crippen LogP contribution in [0.4, 0.5) is 0 Å². The molecule has 0 aliphatic rings. The Morgan fingerprint density at radius 2 is 1.38 bits per heavy atom. The Kier molecular flexibility index (Phi) is 9.42. The fourth-order valence-electron chi connectivity index (χ4n) is 3.03. The number of hydrogen-bond acceptors (Lipinski definition) is 2. The molecule has 26 heavy (non-hydrogen) atoms. The average molecular weight is 397 g/mol. The van der Waals surface area contributed by atoms with E-state index in [4.69, 9.17) is 32.7 Å². The molecule has 0 radical (unpaired) electrons. The number of rotatable bonds is 12. The Hall–Kier alpha value is -1.12. The van der Waals surface area contributed by atoms with Crippen molar-refractivity contribution in [3.63, 3.8) is 0 Å². The zero-order valence-corrected chi connectivity index (χ0v) is 17.5. The van der Waals surface area contributed by atoms with Crippen molar-refractivity contribution in [3.05, 3.63) is 35.4 Å². The van der Waals surface area contributed by atoms with E-state index in [2.05, 4.69) is 38.1 Å². The lowest BCUT2D eigenvalue weighted by molar-refractivity contribution is 0.301. The van der Waals surface area contributed by atoms with Crippen molar-refractivity contribution in [2.75, 3.05) is 25.0 Å². The molecule has 0 spiro atoms. The van der Waals surface area contributed by atoms with Crippen molar-refractivity contribution in [2.24, 2.45) is 0 Å². The summed E-state index contributed by atoms with van der Waals surface area (Å²) >= 11 is 11.5. The van der Waals surface area contributed by atoms with E-state index in [0.717, 1.165) is 91.3 Å². The largest absolute Gasteiger partial charge is 0.493 e. The van der Waals surface area contributed by atoms with Crippen molar-refractivity contribution >= 4 is 34.0 Å². The molecular weight excluding hydrogens is 367 g/mol. The summed E-state index contributed by atoms with van der Waals surface area (Å²) < 4.78 is 12.2. The fourth-order valence-corrected chi connectivity index (χ4v) is 3.40. The van der Waals surface area contributed by atoms with Gasteiger partial charge in [0.25, 0.3) is 0 Å². The molecule has 2 nitrogen and oxygen atoms in total. The molecule has 0 saturated heterocycles. The number of aryl methyl sites for hydroxylation is 2. The van der Waals surface area contributed by atoms with Crippen LogP contribution in [0.15, 0.2) is 24.3 Å². The van der Waals surface area contributed by atoms with Gasteiger partial charge in [-0.2, -0.15) is 0 Å². The molecule has 0 bridgehead atoms. The van der Waals surface area contributed by atoms with Gasteiger partial charge < -0.3 is 9.47 Å². The van der Waals surface area contributed by atoms with Crippen molar-refractivity contribution in [1.29, 1.82) is 0 Å². The van der Waals surface area contributed by atoms with E-state index in [-0.39, 0.29) is 0 Å². The molecule has 0 saturated carbocycles. The number of unbranched alkanes of at least 4 members (excludes halogenated alkanes) is 4. The van der Waals surface area contributed by atoms with Gasteiger partial charge in [-0.3, -0.25) is 0 Å². The number of alkyl halides is 2. The molecule has 0 unspecified atom stereocenters. The maximum atomic E-state index is 6.14. The molecule has 4 heteroatoms. The summed E-state index contributed by atoms with van der Waals surface area (Å²) in [6.07, 6.45) is 6.34. The second kappa shape index (κ2) is 11.6. The summed E-state index contributed by atoms with van der Waals surface area (Å²) in [7, 11) is 0. The molecule has 0 fully saturated rings. The van der Waals surface area contributed by atoms with Crippen LogP contribution >= 0.6 is 23.2 Å². The molecule has 0 heterocycles. The Labute approximate surface area is 167 Å². The van der Waals surface area contributed by atoms with Gasteiger partial charge >= 0.3 is 0 Å². The average Bonchev–Trinajstić information content (AvgIpc) is 2.63. The van der Waals surface area contributed by atoms with Gasteiger partial charge in [-0.15, -0.1) is 23.2 Å². The van der Waals surface area contributed by atoms with Crippen molar-refractivity contribution in [3.8, 4) is 11.5 Å². The van der Waals surface area contributed by atoms with Gasteiger partial charge in [0.05, 0.1) is 13.2 Å². The second-order valence-corrected chi connectivity index (χ2v) is 7.52. The first-order valence-corrected chi connectivity index (χ1v) is 10.7. The van der Waals surface area contributed by atoms with Crippen LogP contribution in [0, 0.1) is 13.8 Å². The topological polar surface area (TPSA) is 18.5 Å². The summed E-state index contributed by atoms with van der Waals surface area (Å²) in [5.41, 5.74) is 2.34. The SMILES string of the molecule is Cc1ccc2c(OCCCCCCl)c(C)cc(OCCCCCCl)c2c1. The van der Waals surface area contributed by atoms with Gasteiger partial charge in [-0.05, 0) is 70.1 Å². The molecule has 2 aromatic carbocycles. The van der Waals surface area contributed by atoms with E-state index >= 15 is 0 Å². The summed E-state index contributed by atoms with van der Waals surface area (Å²) in [6.45, 7) is 5.64. The molecule has 0 aromatic heterocycles. The predicted molar refractivity (Wildman–Crippen MR) is 114 cm³/mol. The van der Waals surface area contributed by atoms with E-state index in [0.29, 0.717) is 0 Å². The van der Waals surface area contributed by atoms with Gasteiger partial charge in [-0.25, -0.2) is 0 Å². The van der Waals surface area contributed by atoms with Gasteiger partial charge in [-0.1, -0.05) is 17.7 Å². The van der Waals surface area contributed by atoms with Crippen LogP contribution in [0.2, 0.25) is 0 Å². The first-order valence-electron chi connectivity index (χ1n) is 9.59. The maximum Gasteiger partial charge on any atom is 0.130 e. The molecule has 0 atom stereocenters. The smallest absolute Gasteiger partial charge is 0.130 e. The minimum atomic E-state index is 0.720. The Balaban J connectivity index is 2.15. The number of ether oxygens (including phenoxy) is 2. The second-order valence-electron chi connectivity index (χ2n) is 6.77. The number of halogens is 2. The van der Waals surface area contributed by atoms with Crippen molar-refractivity contribution in [1.82, 2.24) is 0 Å². The summed E-state index contributed by atoms with van der Waals surface area (Å²) in [4.78, 5) is 0. The first kappa shape index (κ1) is 21.2. The third-order valence-electron chi connectivity index (χ3n) is 4.45. The summed E-state index contributed by atoms with van der Waals surface area (Å²) in [6, 6.07) is 8.57. The normalized spacial score (nSPS) is 11.1. The van der Waals surface area contributed by atoms with E-state index in [1.54, 1.807) is 0 Å². The molecule has 0 amide bonds. The highest BCUT2D eigenvalue weighted by Gasteiger charge is 2.12. The Bertz CT molecular complexity index is 685.